The van der Waals surface area contributed by atoms with Crippen molar-refractivity contribution >= 4 is 39.1 Å². The van der Waals surface area contributed by atoms with Crippen LogP contribution < -0.4 is 5.32 Å². The minimum atomic E-state index is -3.59. The number of rotatable bonds is 7. The molecule has 1 amide bonds. The van der Waals surface area contributed by atoms with E-state index in [2.05, 4.69) is 17.4 Å². The minimum Gasteiger partial charge on any atom is -0.381 e. The van der Waals surface area contributed by atoms with Crippen LogP contribution >= 0.6 is 23.2 Å². The van der Waals surface area contributed by atoms with E-state index < -0.39 is 10.0 Å². The van der Waals surface area contributed by atoms with E-state index >= 15 is 0 Å². The number of nitrogens with one attached hydrogen (secondary N) is 1. The Kier molecular flexibility index (Phi) is 8.20. The fraction of sp³-hybridized carbons (Fsp3) is 0.480. The largest absolute Gasteiger partial charge is 0.381 e. The second-order valence-electron chi connectivity index (χ2n) is 9.18. The molecule has 2 aromatic rings. The van der Waals surface area contributed by atoms with Crippen molar-refractivity contribution in [1.82, 2.24) is 9.62 Å². The van der Waals surface area contributed by atoms with Gasteiger partial charge in [-0.3, -0.25) is 4.79 Å². The Labute approximate surface area is 211 Å². The molecular weight excluding hydrogens is 495 g/mol. The molecule has 0 radical (unpaired) electrons. The SMILES string of the molecule is O=C(NCC1(c2ccccc2)CCOCC1)C1CCCN(S(=O)(=O)Cc2ccc(Cl)c(Cl)c2)C1. The molecule has 1 N–H and O–H groups in total. The molecule has 1 atom stereocenters. The molecule has 0 bridgehead atoms. The summed E-state index contributed by atoms with van der Waals surface area (Å²) >= 11 is 12.0. The number of ether oxygens (including phenoxy) is 1. The lowest BCUT2D eigenvalue weighted by atomic mass is 9.74. The third-order valence-electron chi connectivity index (χ3n) is 6.92. The molecule has 0 spiro atoms. The highest BCUT2D eigenvalue weighted by molar-refractivity contribution is 7.88. The Balaban J connectivity index is 1.40. The summed E-state index contributed by atoms with van der Waals surface area (Å²) in [6.45, 7) is 2.45. The molecule has 0 aliphatic carbocycles. The van der Waals surface area contributed by atoms with Crippen LogP contribution in [0.2, 0.25) is 10.0 Å². The monoisotopic (exact) mass is 524 g/mol. The number of halogens is 2. The van der Waals surface area contributed by atoms with Crippen LogP contribution in [-0.2, 0) is 30.7 Å². The van der Waals surface area contributed by atoms with E-state index in [1.54, 1.807) is 18.2 Å². The zero-order valence-corrected chi connectivity index (χ0v) is 21.3. The smallest absolute Gasteiger partial charge is 0.224 e. The number of hydrogen-bond acceptors (Lipinski definition) is 4. The van der Waals surface area contributed by atoms with Gasteiger partial charge in [-0.1, -0.05) is 59.6 Å². The summed E-state index contributed by atoms with van der Waals surface area (Å²) in [5.41, 5.74) is 1.61. The summed E-state index contributed by atoms with van der Waals surface area (Å²) in [6.07, 6.45) is 3.00. The molecule has 0 saturated carbocycles. The Hall–Kier alpha value is -1.64. The number of benzene rings is 2. The average molecular weight is 525 g/mol. The van der Waals surface area contributed by atoms with Crippen LogP contribution in [0.15, 0.2) is 48.5 Å². The second kappa shape index (κ2) is 11.0. The van der Waals surface area contributed by atoms with Gasteiger partial charge in [0.1, 0.15) is 0 Å². The van der Waals surface area contributed by atoms with Gasteiger partial charge in [-0.25, -0.2) is 12.7 Å². The maximum absolute atomic E-state index is 13.1. The fourth-order valence-corrected chi connectivity index (χ4v) is 6.78. The van der Waals surface area contributed by atoms with Gasteiger partial charge in [-0.05, 0) is 48.9 Å². The van der Waals surface area contributed by atoms with E-state index in [9.17, 15) is 13.2 Å². The lowest BCUT2D eigenvalue weighted by Crippen LogP contribution is -2.49. The number of sulfonamides is 1. The molecule has 9 heteroatoms. The van der Waals surface area contributed by atoms with Gasteiger partial charge in [0, 0.05) is 38.3 Å². The Bertz CT molecular complexity index is 1110. The molecule has 34 heavy (non-hydrogen) atoms. The zero-order chi connectivity index (χ0) is 24.2. The van der Waals surface area contributed by atoms with Crippen molar-refractivity contribution in [3.63, 3.8) is 0 Å². The van der Waals surface area contributed by atoms with Crippen LogP contribution in [-0.4, -0.2) is 51.5 Å². The number of carbonyl (C=O) groups excluding carboxylic acids is 1. The quantitative estimate of drug-likeness (QED) is 0.582. The van der Waals surface area contributed by atoms with Crippen LogP contribution in [0, 0.1) is 5.92 Å². The number of amides is 1. The molecule has 4 rings (SSSR count). The van der Waals surface area contributed by atoms with Gasteiger partial charge in [-0.2, -0.15) is 0 Å². The van der Waals surface area contributed by atoms with Gasteiger partial charge in [0.2, 0.25) is 15.9 Å². The predicted octanol–water partition coefficient (Wildman–Crippen LogP) is 4.40. The third-order valence-corrected chi connectivity index (χ3v) is 9.47. The van der Waals surface area contributed by atoms with Crippen molar-refractivity contribution in [3.05, 3.63) is 69.7 Å². The van der Waals surface area contributed by atoms with Crippen molar-refractivity contribution in [3.8, 4) is 0 Å². The summed E-state index contributed by atoms with van der Waals surface area (Å²) in [5.74, 6) is -0.628. The van der Waals surface area contributed by atoms with Crippen LogP contribution in [0.5, 0.6) is 0 Å². The first kappa shape index (κ1) is 25.5. The predicted molar refractivity (Wildman–Crippen MR) is 135 cm³/mol. The van der Waals surface area contributed by atoms with Gasteiger partial charge >= 0.3 is 0 Å². The molecule has 2 aromatic carbocycles. The molecule has 2 fully saturated rings. The summed E-state index contributed by atoms with van der Waals surface area (Å²) in [4.78, 5) is 13.1. The lowest BCUT2D eigenvalue weighted by molar-refractivity contribution is -0.126. The molecule has 6 nitrogen and oxygen atoms in total. The van der Waals surface area contributed by atoms with E-state index in [4.69, 9.17) is 27.9 Å². The molecule has 2 saturated heterocycles. The molecule has 0 aromatic heterocycles. The number of piperidine rings is 1. The van der Waals surface area contributed by atoms with Crippen molar-refractivity contribution in [2.24, 2.45) is 5.92 Å². The highest BCUT2D eigenvalue weighted by Gasteiger charge is 2.37. The van der Waals surface area contributed by atoms with Crippen LogP contribution in [0.25, 0.3) is 0 Å². The molecule has 2 aliphatic rings. The van der Waals surface area contributed by atoms with E-state index in [0.29, 0.717) is 54.8 Å². The summed E-state index contributed by atoms with van der Waals surface area (Å²) in [7, 11) is -3.59. The first-order valence-corrected chi connectivity index (χ1v) is 14.0. The van der Waals surface area contributed by atoms with E-state index in [0.717, 1.165) is 12.8 Å². The van der Waals surface area contributed by atoms with Crippen LogP contribution in [0.3, 0.4) is 0 Å². The Morgan fingerprint density at radius 2 is 1.82 bits per heavy atom. The number of carbonyl (C=O) groups is 1. The van der Waals surface area contributed by atoms with Crippen molar-refractivity contribution in [2.75, 3.05) is 32.8 Å². The third kappa shape index (κ3) is 5.94. The second-order valence-corrected chi connectivity index (χ2v) is 12.0. The summed E-state index contributed by atoms with van der Waals surface area (Å²) < 4.78 is 33.1. The molecular formula is C25H30Cl2N2O4S. The normalized spacial score (nSPS) is 21.2. The molecule has 1 unspecified atom stereocenters. The highest BCUT2D eigenvalue weighted by Crippen LogP contribution is 2.34. The molecule has 184 valence electrons. The topological polar surface area (TPSA) is 75.7 Å². The zero-order valence-electron chi connectivity index (χ0n) is 19.0. The van der Waals surface area contributed by atoms with Crippen molar-refractivity contribution in [2.45, 2.75) is 36.9 Å². The fourth-order valence-electron chi connectivity index (χ4n) is 4.86. The van der Waals surface area contributed by atoms with Crippen LogP contribution in [0.1, 0.15) is 36.8 Å². The van der Waals surface area contributed by atoms with Gasteiger partial charge in [0.25, 0.3) is 0 Å². The number of hydrogen-bond donors (Lipinski definition) is 1. The maximum atomic E-state index is 13.1. The van der Waals surface area contributed by atoms with Crippen molar-refractivity contribution < 1.29 is 17.9 Å². The van der Waals surface area contributed by atoms with Crippen LogP contribution in [0.4, 0.5) is 0 Å². The van der Waals surface area contributed by atoms with Crippen molar-refractivity contribution in [1.29, 1.82) is 0 Å². The standard InChI is InChI=1S/C25H30Cl2N2O4S/c26-22-9-8-19(15-23(22)27)17-34(31,32)29-12-4-5-20(16-29)24(30)28-18-25(10-13-33-14-11-25)21-6-2-1-3-7-21/h1-3,6-9,15,20H,4-5,10-14,16-18H2,(H,28,30). The van der Waals surface area contributed by atoms with Gasteiger partial charge in [0.15, 0.2) is 0 Å². The van der Waals surface area contributed by atoms with Gasteiger partial charge < -0.3 is 10.1 Å². The van der Waals surface area contributed by atoms with E-state index in [1.165, 1.54) is 9.87 Å². The maximum Gasteiger partial charge on any atom is 0.224 e. The number of nitrogens with zero attached hydrogens (tertiary/aromatic N) is 1. The summed E-state index contributed by atoms with van der Waals surface area (Å²) in [6, 6.07) is 15.1. The average Bonchev–Trinajstić information content (AvgIpc) is 2.86. The molecule has 2 aliphatic heterocycles. The van der Waals surface area contributed by atoms with E-state index in [1.807, 2.05) is 18.2 Å². The first-order chi connectivity index (χ1) is 16.3. The minimum absolute atomic E-state index is 0.0868. The Morgan fingerprint density at radius 1 is 1.09 bits per heavy atom. The van der Waals surface area contributed by atoms with E-state index in [-0.39, 0.29) is 29.5 Å². The lowest BCUT2D eigenvalue weighted by Gasteiger charge is -2.38. The van der Waals surface area contributed by atoms with Gasteiger partial charge in [-0.15, -0.1) is 0 Å². The summed E-state index contributed by atoms with van der Waals surface area (Å²) in [5, 5.41) is 3.86. The molecule has 2 heterocycles. The highest BCUT2D eigenvalue weighted by atomic mass is 35.5. The Morgan fingerprint density at radius 3 is 2.53 bits per heavy atom. The van der Waals surface area contributed by atoms with Gasteiger partial charge in [0.05, 0.1) is 21.7 Å². The first-order valence-electron chi connectivity index (χ1n) is 11.6.